The van der Waals surface area contributed by atoms with E-state index in [1.807, 2.05) is 0 Å². The van der Waals surface area contributed by atoms with Gasteiger partial charge >= 0.3 is 11.8 Å². The standard InChI is InChI=1S/C22H18FN3O6/c23-16-4-1-3-15(13-16)7-8-19-24-14-20(26(28)29)25(19)9-10-32-22(27)17-5-2-6-18-21(17)31-12-11-30-18/h1-8,13-14H,9-12H2/b8-7-. The number of benzene rings is 2. The van der Waals surface area contributed by atoms with Gasteiger partial charge in [-0.25, -0.2) is 18.7 Å². The van der Waals surface area contributed by atoms with Gasteiger partial charge < -0.3 is 24.3 Å². The predicted molar refractivity (Wildman–Crippen MR) is 112 cm³/mol. The second-order valence-electron chi connectivity index (χ2n) is 6.74. The number of esters is 1. The number of fused-ring (bicyclic) bond motifs is 1. The van der Waals surface area contributed by atoms with Crippen molar-refractivity contribution in [1.82, 2.24) is 9.55 Å². The van der Waals surface area contributed by atoms with E-state index in [1.54, 1.807) is 36.4 Å². The summed E-state index contributed by atoms with van der Waals surface area (Å²) >= 11 is 0. The van der Waals surface area contributed by atoms with Crippen molar-refractivity contribution >= 4 is 23.9 Å². The Labute approximate surface area is 181 Å². The van der Waals surface area contributed by atoms with E-state index in [4.69, 9.17) is 14.2 Å². The summed E-state index contributed by atoms with van der Waals surface area (Å²) in [5.74, 6) is -0.241. The fraction of sp³-hybridized carbons (Fsp3) is 0.182. The van der Waals surface area contributed by atoms with Crippen LogP contribution in [0, 0.1) is 15.9 Å². The number of ether oxygens (including phenoxy) is 3. The summed E-state index contributed by atoms with van der Waals surface area (Å²) in [6.07, 6.45) is 4.24. The van der Waals surface area contributed by atoms with E-state index in [9.17, 15) is 19.3 Å². The molecule has 2 aromatic carbocycles. The summed E-state index contributed by atoms with van der Waals surface area (Å²) in [7, 11) is 0. The molecule has 9 nitrogen and oxygen atoms in total. The van der Waals surface area contributed by atoms with E-state index in [-0.39, 0.29) is 30.4 Å². The van der Waals surface area contributed by atoms with Crippen LogP contribution in [0.25, 0.3) is 12.2 Å². The minimum absolute atomic E-state index is 0.00272. The van der Waals surface area contributed by atoms with Gasteiger partial charge in [-0.05, 0) is 40.8 Å². The maximum absolute atomic E-state index is 13.4. The van der Waals surface area contributed by atoms with Crippen LogP contribution in [0.15, 0.2) is 48.7 Å². The van der Waals surface area contributed by atoms with Crippen molar-refractivity contribution in [2.24, 2.45) is 0 Å². The fourth-order valence-electron chi connectivity index (χ4n) is 3.21. The van der Waals surface area contributed by atoms with Gasteiger partial charge in [0.2, 0.25) is 5.82 Å². The van der Waals surface area contributed by atoms with Crippen molar-refractivity contribution in [3.63, 3.8) is 0 Å². The van der Waals surface area contributed by atoms with Crippen LogP contribution < -0.4 is 9.47 Å². The molecule has 0 N–H and O–H groups in total. The molecule has 10 heteroatoms. The Bertz CT molecular complexity index is 1190. The topological polar surface area (TPSA) is 106 Å². The number of hydrogen-bond acceptors (Lipinski definition) is 7. The Hall–Kier alpha value is -4.21. The minimum Gasteiger partial charge on any atom is -0.486 e. The molecule has 0 bridgehead atoms. The third-order valence-corrected chi connectivity index (χ3v) is 4.66. The van der Waals surface area contributed by atoms with Crippen molar-refractivity contribution in [2.75, 3.05) is 19.8 Å². The first-order valence-corrected chi connectivity index (χ1v) is 9.72. The highest BCUT2D eigenvalue weighted by molar-refractivity contribution is 5.93. The van der Waals surface area contributed by atoms with Gasteiger partial charge in [-0.15, -0.1) is 0 Å². The molecule has 1 aromatic heterocycles. The molecule has 0 saturated carbocycles. The Morgan fingerprint density at radius 2 is 2.03 bits per heavy atom. The van der Waals surface area contributed by atoms with Crippen LogP contribution in [0.5, 0.6) is 11.5 Å². The monoisotopic (exact) mass is 439 g/mol. The highest BCUT2D eigenvalue weighted by Crippen LogP contribution is 2.34. The van der Waals surface area contributed by atoms with Crippen molar-refractivity contribution in [2.45, 2.75) is 6.54 Å². The van der Waals surface area contributed by atoms with Crippen molar-refractivity contribution in [3.8, 4) is 11.5 Å². The van der Waals surface area contributed by atoms with Gasteiger partial charge in [-0.3, -0.25) is 0 Å². The third-order valence-electron chi connectivity index (χ3n) is 4.66. The maximum atomic E-state index is 13.4. The van der Waals surface area contributed by atoms with Crippen molar-refractivity contribution in [1.29, 1.82) is 0 Å². The molecular formula is C22H18FN3O6. The maximum Gasteiger partial charge on any atom is 0.343 e. The normalized spacial score (nSPS) is 12.7. The quantitative estimate of drug-likeness (QED) is 0.314. The molecule has 0 spiro atoms. The second kappa shape index (κ2) is 9.29. The Morgan fingerprint density at radius 3 is 2.84 bits per heavy atom. The lowest BCUT2D eigenvalue weighted by Crippen LogP contribution is -2.19. The Balaban J connectivity index is 1.48. The van der Waals surface area contributed by atoms with Crippen molar-refractivity contribution in [3.05, 3.63) is 81.5 Å². The van der Waals surface area contributed by atoms with Gasteiger partial charge in [-0.2, -0.15) is 0 Å². The van der Waals surface area contributed by atoms with E-state index < -0.39 is 16.7 Å². The highest BCUT2D eigenvalue weighted by Gasteiger charge is 2.23. The molecular weight excluding hydrogens is 421 g/mol. The molecule has 1 aliphatic heterocycles. The smallest absolute Gasteiger partial charge is 0.343 e. The summed E-state index contributed by atoms with van der Waals surface area (Å²) in [5.41, 5.74) is 0.790. The molecule has 0 aliphatic carbocycles. The molecule has 4 rings (SSSR count). The van der Waals surface area contributed by atoms with Gasteiger partial charge in [0.15, 0.2) is 11.5 Å². The molecule has 0 fully saturated rings. The first-order valence-electron chi connectivity index (χ1n) is 9.72. The van der Waals surface area contributed by atoms with Crippen LogP contribution in [-0.2, 0) is 11.3 Å². The molecule has 0 saturated heterocycles. The molecule has 164 valence electrons. The van der Waals surface area contributed by atoms with Gasteiger partial charge in [0, 0.05) is 6.08 Å². The zero-order valence-electron chi connectivity index (χ0n) is 16.8. The zero-order valence-corrected chi connectivity index (χ0v) is 16.8. The molecule has 0 radical (unpaired) electrons. The molecule has 3 aromatic rings. The SMILES string of the molecule is O=C(OCCn1c([N+](=O)[O-])cnc1/C=C\c1cccc(F)c1)c1cccc2c1OCCO2. The highest BCUT2D eigenvalue weighted by atomic mass is 19.1. The Morgan fingerprint density at radius 1 is 1.22 bits per heavy atom. The fourth-order valence-corrected chi connectivity index (χ4v) is 3.21. The average molecular weight is 439 g/mol. The average Bonchev–Trinajstić information content (AvgIpc) is 3.20. The van der Waals surface area contributed by atoms with Crippen molar-refractivity contribution < 1.29 is 28.3 Å². The molecule has 32 heavy (non-hydrogen) atoms. The number of rotatable bonds is 7. The number of nitro groups is 1. The van der Waals surface area contributed by atoms with E-state index in [0.29, 0.717) is 30.3 Å². The summed E-state index contributed by atoms with van der Waals surface area (Å²) in [4.78, 5) is 27.4. The first kappa shape index (κ1) is 21.0. The second-order valence-corrected chi connectivity index (χ2v) is 6.74. The van der Waals surface area contributed by atoms with E-state index in [2.05, 4.69) is 4.98 Å². The van der Waals surface area contributed by atoms with E-state index in [1.165, 1.54) is 22.8 Å². The first-order chi connectivity index (χ1) is 15.5. The number of hydrogen-bond donors (Lipinski definition) is 0. The van der Waals surface area contributed by atoms with Gasteiger partial charge in [0.1, 0.15) is 43.9 Å². The number of aromatic nitrogens is 2. The number of carbonyl (C=O) groups is 1. The molecule has 0 unspecified atom stereocenters. The van der Waals surface area contributed by atoms with Crippen LogP contribution in [0.4, 0.5) is 10.2 Å². The molecule has 2 heterocycles. The number of nitrogens with zero attached hydrogens (tertiary/aromatic N) is 3. The molecule has 0 atom stereocenters. The van der Waals surface area contributed by atoms with Gasteiger partial charge in [0.25, 0.3) is 0 Å². The number of imidazole rings is 1. The van der Waals surface area contributed by atoms with E-state index in [0.717, 1.165) is 6.20 Å². The van der Waals surface area contributed by atoms with Gasteiger partial charge in [-0.1, -0.05) is 18.2 Å². The molecule has 1 aliphatic rings. The van der Waals surface area contributed by atoms with Crippen LogP contribution in [-0.4, -0.2) is 40.3 Å². The minimum atomic E-state index is -0.632. The van der Waals surface area contributed by atoms with Gasteiger partial charge in [0.05, 0.1) is 0 Å². The third kappa shape index (κ3) is 4.59. The number of halogens is 1. The lowest BCUT2D eigenvalue weighted by molar-refractivity contribution is -0.392. The predicted octanol–water partition coefficient (Wildman–Crippen LogP) is 3.73. The summed E-state index contributed by atoms with van der Waals surface area (Å²) in [6, 6.07) is 10.8. The lowest BCUT2D eigenvalue weighted by atomic mass is 10.2. The summed E-state index contributed by atoms with van der Waals surface area (Å²) < 4.78 is 31.0. The lowest BCUT2D eigenvalue weighted by Gasteiger charge is -2.20. The Kier molecular flexibility index (Phi) is 6.11. The number of carbonyl (C=O) groups excluding carboxylic acids is 1. The number of para-hydroxylation sites is 1. The van der Waals surface area contributed by atoms with Crippen LogP contribution in [0.2, 0.25) is 0 Å². The molecule has 0 amide bonds. The van der Waals surface area contributed by atoms with Crippen LogP contribution in [0.3, 0.4) is 0 Å². The van der Waals surface area contributed by atoms with Crippen LogP contribution >= 0.6 is 0 Å². The zero-order chi connectivity index (χ0) is 22.5. The van der Waals surface area contributed by atoms with E-state index >= 15 is 0 Å². The van der Waals surface area contributed by atoms with Crippen LogP contribution in [0.1, 0.15) is 21.7 Å². The largest absolute Gasteiger partial charge is 0.486 e. The summed E-state index contributed by atoms with van der Waals surface area (Å²) in [6.45, 7) is 0.569. The summed E-state index contributed by atoms with van der Waals surface area (Å²) in [5, 5.41) is 11.4.